The number of carbonyl (C=O) groups is 2. The Hall–Kier alpha value is -1.82. The Bertz CT molecular complexity index is 510. The molecule has 1 aromatic rings. The van der Waals surface area contributed by atoms with Crippen LogP contribution >= 0.6 is 11.6 Å². The van der Waals surface area contributed by atoms with Crippen LogP contribution < -0.4 is 4.74 Å². The van der Waals surface area contributed by atoms with Gasteiger partial charge in [-0.2, -0.15) is 0 Å². The minimum atomic E-state index is -0.606. The number of rotatable bonds is 4. The number of ether oxygens (including phenoxy) is 3. The van der Waals surface area contributed by atoms with Crippen molar-refractivity contribution in [1.29, 1.82) is 0 Å². The molecule has 1 aromatic heterocycles. The minimum Gasteiger partial charge on any atom is -0.479 e. The monoisotopic (exact) mass is 301 g/mol. The number of esters is 2. The molecule has 0 unspecified atom stereocenters. The molecule has 110 valence electrons. The molecular formula is C13H16ClNO5. The highest BCUT2D eigenvalue weighted by Crippen LogP contribution is 2.22. The molecule has 0 aliphatic heterocycles. The second-order valence-electron chi connectivity index (χ2n) is 4.85. The average molecular weight is 302 g/mol. The van der Waals surface area contributed by atoms with Crippen LogP contribution in [0.4, 0.5) is 0 Å². The normalized spacial score (nSPS) is 10.8. The first-order valence-corrected chi connectivity index (χ1v) is 6.20. The van der Waals surface area contributed by atoms with Crippen LogP contribution in [0.3, 0.4) is 0 Å². The number of hydrogen-bond acceptors (Lipinski definition) is 6. The molecule has 0 amide bonds. The molecule has 0 atom stereocenters. The zero-order valence-electron chi connectivity index (χ0n) is 11.7. The van der Waals surface area contributed by atoms with E-state index in [-0.39, 0.29) is 23.2 Å². The van der Waals surface area contributed by atoms with Gasteiger partial charge in [-0.3, -0.25) is 0 Å². The van der Waals surface area contributed by atoms with Crippen LogP contribution in [-0.4, -0.2) is 36.2 Å². The first kappa shape index (κ1) is 16.2. The number of aromatic nitrogens is 1. The van der Waals surface area contributed by atoms with Crippen molar-refractivity contribution in [2.45, 2.75) is 26.4 Å². The molecular weight excluding hydrogens is 286 g/mol. The van der Waals surface area contributed by atoms with E-state index in [0.717, 1.165) is 0 Å². The number of hydrogen-bond donors (Lipinski definition) is 0. The summed E-state index contributed by atoms with van der Waals surface area (Å²) < 4.78 is 14.8. The van der Waals surface area contributed by atoms with Gasteiger partial charge in [-0.25, -0.2) is 14.6 Å². The summed E-state index contributed by atoms with van der Waals surface area (Å²) in [6.07, 6.45) is 0. The van der Waals surface area contributed by atoms with Crippen molar-refractivity contribution in [3.05, 3.63) is 23.0 Å². The van der Waals surface area contributed by atoms with E-state index in [1.807, 2.05) is 0 Å². The van der Waals surface area contributed by atoms with Crippen molar-refractivity contribution in [2.75, 3.05) is 13.7 Å². The van der Waals surface area contributed by atoms with Gasteiger partial charge in [0.05, 0.1) is 7.11 Å². The lowest BCUT2D eigenvalue weighted by molar-refractivity contribution is -0.157. The molecule has 0 saturated carbocycles. The zero-order valence-corrected chi connectivity index (χ0v) is 12.5. The molecule has 0 aliphatic carbocycles. The summed E-state index contributed by atoms with van der Waals surface area (Å²) in [5.41, 5.74) is -0.529. The Morgan fingerprint density at radius 2 is 1.95 bits per heavy atom. The van der Waals surface area contributed by atoms with E-state index in [9.17, 15) is 9.59 Å². The summed E-state index contributed by atoms with van der Waals surface area (Å²) in [7, 11) is 1.24. The summed E-state index contributed by atoms with van der Waals surface area (Å²) in [6.45, 7) is 4.97. The molecule has 1 heterocycles. The maximum atomic E-state index is 11.5. The van der Waals surface area contributed by atoms with Crippen molar-refractivity contribution in [3.63, 3.8) is 0 Å². The summed E-state index contributed by atoms with van der Waals surface area (Å²) in [4.78, 5) is 26.5. The number of nitrogens with zero attached hydrogens (tertiary/aromatic N) is 1. The number of halogens is 1. The van der Waals surface area contributed by atoms with Crippen molar-refractivity contribution in [2.24, 2.45) is 0 Å². The molecule has 0 N–H and O–H groups in total. The van der Waals surface area contributed by atoms with E-state index >= 15 is 0 Å². The predicted octanol–water partition coefficient (Wildman–Crippen LogP) is 2.24. The van der Waals surface area contributed by atoms with Gasteiger partial charge < -0.3 is 14.2 Å². The van der Waals surface area contributed by atoms with E-state index in [1.165, 1.54) is 19.2 Å². The topological polar surface area (TPSA) is 74.7 Å². The second kappa shape index (κ2) is 6.56. The highest BCUT2D eigenvalue weighted by Gasteiger charge is 2.17. The van der Waals surface area contributed by atoms with Crippen molar-refractivity contribution in [3.8, 4) is 5.75 Å². The Morgan fingerprint density at radius 1 is 1.30 bits per heavy atom. The van der Waals surface area contributed by atoms with E-state index in [2.05, 4.69) is 9.72 Å². The summed E-state index contributed by atoms with van der Waals surface area (Å²) in [5, 5.41) is -0.0311. The van der Waals surface area contributed by atoms with Gasteiger partial charge in [0.25, 0.3) is 0 Å². The fourth-order valence-corrected chi connectivity index (χ4v) is 1.46. The van der Waals surface area contributed by atoms with Gasteiger partial charge in [0.15, 0.2) is 17.5 Å². The number of methoxy groups -OCH3 is 1. The van der Waals surface area contributed by atoms with E-state index in [0.29, 0.717) is 0 Å². The Balaban J connectivity index is 2.66. The van der Waals surface area contributed by atoms with Crippen molar-refractivity contribution in [1.82, 2.24) is 4.98 Å². The molecule has 0 aromatic carbocycles. The van der Waals surface area contributed by atoms with Crippen LogP contribution in [0, 0.1) is 0 Å². The predicted molar refractivity (Wildman–Crippen MR) is 71.9 cm³/mol. The van der Waals surface area contributed by atoms with Crippen LogP contribution in [-0.2, 0) is 14.3 Å². The second-order valence-corrected chi connectivity index (χ2v) is 5.21. The Labute approximate surface area is 122 Å². The maximum Gasteiger partial charge on any atom is 0.356 e. The van der Waals surface area contributed by atoms with Crippen LogP contribution in [0.5, 0.6) is 5.75 Å². The third-order valence-electron chi connectivity index (χ3n) is 1.97. The zero-order chi connectivity index (χ0) is 15.3. The highest BCUT2D eigenvalue weighted by atomic mass is 35.5. The molecule has 1 rings (SSSR count). The first-order chi connectivity index (χ1) is 9.23. The first-order valence-electron chi connectivity index (χ1n) is 5.82. The maximum absolute atomic E-state index is 11.5. The van der Waals surface area contributed by atoms with Gasteiger partial charge in [-0.1, -0.05) is 11.6 Å². The third kappa shape index (κ3) is 5.05. The fourth-order valence-electron chi connectivity index (χ4n) is 1.26. The highest BCUT2D eigenvalue weighted by molar-refractivity contribution is 6.31. The molecule has 0 bridgehead atoms. The molecule has 0 fully saturated rings. The minimum absolute atomic E-state index is 0.0311. The number of pyridine rings is 1. The molecule has 0 saturated heterocycles. The summed E-state index contributed by atoms with van der Waals surface area (Å²) in [5.74, 6) is -0.943. The lowest BCUT2D eigenvalue weighted by Gasteiger charge is -2.19. The lowest BCUT2D eigenvalue weighted by Crippen LogP contribution is -2.27. The van der Waals surface area contributed by atoms with Gasteiger partial charge in [0.1, 0.15) is 11.3 Å². The van der Waals surface area contributed by atoms with Gasteiger partial charge >= 0.3 is 11.9 Å². The summed E-state index contributed by atoms with van der Waals surface area (Å²) >= 11 is 5.85. The largest absolute Gasteiger partial charge is 0.479 e. The Morgan fingerprint density at radius 3 is 2.45 bits per heavy atom. The van der Waals surface area contributed by atoms with Crippen LogP contribution in [0.1, 0.15) is 31.3 Å². The lowest BCUT2D eigenvalue weighted by atomic mass is 10.2. The van der Waals surface area contributed by atoms with Gasteiger partial charge in [0.2, 0.25) is 0 Å². The third-order valence-corrected chi connectivity index (χ3v) is 2.25. The standard InChI is InChI=1S/C13H16ClNO5/c1-13(2,3)20-10(16)7-19-9-6-5-8(12(17)18-4)15-11(9)14/h5-6H,7H2,1-4H3. The van der Waals surface area contributed by atoms with Gasteiger partial charge in [0, 0.05) is 0 Å². The van der Waals surface area contributed by atoms with Gasteiger partial charge in [-0.15, -0.1) is 0 Å². The molecule has 6 nitrogen and oxygen atoms in total. The molecule has 0 radical (unpaired) electrons. The van der Waals surface area contributed by atoms with E-state index in [4.69, 9.17) is 21.1 Å². The fraction of sp³-hybridized carbons (Fsp3) is 0.462. The van der Waals surface area contributed by atoms with Crippen LogP contribution in [0.25, 0.3) is 0 Å². The molecule has 20 heavy (non-hydrogen) atoms. The van der Waals surface area contributed by atoms with Crippen LogP contribution in [0.15, 0.2) is 12.1 Å². The van der Waals surface area contributed by atoms with E-state index in [1.54, 1.807) is 20.8 Å². The van der Waals surface area contributed by atoms with Crippen molar-refractivity contribution < 1.29 is 23.8 Å². The van der Waals surface area contributed by atoms with E-state index < -0.39 is 17.5 Å². The molecule has 0 aliphatic rings. The van der Waals surface area contributed by atoms with Gasteiger partial charge in [-0.05, 0) is 32.9 Å². The molecule has 7 heteroatoms. The number of carbonyl (C=O) groups excluding carboxylic acids is 2. The van der Waals surface area contributed by atoms with Crippen LogP contribution in [0.2, 0.25) is 5.15 Å². The smallest absolute Gasteiger partial charge is 0.356 e. The summed E-state index contributed by atoms with van der Waals surface area (Å²) in [6, 6.07) is 2.83. The quantitative estimate of drug-likeness (QED) is 0.627. The average Bonchev–Trinajstić information content (AvgIpc) is 2.34. The van der Waals surface area contributed by atoms with Crippen molar-refractivity contribution >= 4 is 23.5 Å². The SMILES string of the molecule is COC(=O)c1ccc(OCC(=O)OC(C)(C)C)c(Cl)n1. The Kier molecular flexibility index (Phi) is 5.33. The molecule has 0 spiro atoms.